The summed E-state index contributed by atoms with van der Waals surface area (Å²) in [7, 11) is 6.95. The van der Waals surface area contributed by atoms with Crippen LogP contribution in [0.25, 0.3) is 0 Å². The number of rotatable bonds is 8. The molecule has 0 aromatic rings. The Morgan fingerprint density at radius 2 is 1.52 bits per heavy atom. The van der Waals surface area contributed by atoms with E-state index >= 15 is 0 Å². The number of aliphatic hydroxyl groups excluding tert-OH is 3. The zero-order valence-electron chi connectivity index (χ0n) is 34.2. The van der Waals surface area contributed by atoms with Crippen molar-refractivity contribution in [2.24, 2.45) is 17.8 Å². The second-order valence-electron chi connectivity index (χ2n) is 16.8. The molecule has 0 aromatic carbocycles. The van der Waals surface area contributed by atoms with Crippen LogP contribution in [0.3, 0.4) is 0 Å². The van der Waals surface area contributed by atoms with E-state index in [0.29, 0.717) is 19.4 Å². The summed E-state index contributed by atoms with van der Waals surface area (Å²) in [5, 5.41) is 49.1. The molecule has 3 aliphatic heterocycles. The summed E-state index contributed by atoms with van der Waals surface area (Å²) in [4.78, 5) is 16.2. The number of likely N-dealkylation sites (N-methyl/N-ethyl adjacent to an activating group) is 1. The third-order valence-corrected chi connectivity index (χ3v) is 12.2. The Kier molecular flexibility index (Phi) is 16.0. The predicted octanol–water partition coefficient (Wildman–Crippen LogP) is 2.21. The maximum atomic E-state index is 14.2. The van der Waals surface area contributed by atoms with Crippen LogP contribution >= 0.6 is 0 Å². The molecule has 0 radical (unpaired) electrons. The molecule has 52 heavy (non-hydrogen) atoms. The fourth-order valence-corrected chi connectivity index (χ4v) is 8.52. The molecular weight excluding hydrogens is 676 g/mol. The Hall–Kier alpha value is -1.01. The fraction of sp³-hybridized carbons (Fsp3) is 0.974. The van der Waals surface area contributed by atoms with E-state index in [9.17, 15) is 25.2 Å². The third-order valence-electron chi connectivity index (χ3n) is 12.2. The van der Waals surface area contributed by atoms with E-state index in [2.05, 4.69) is 5.32 Å². The monoisotopic (exact) mass is 749 g/mol. The van der Waals surface area contributed by atoms with E-state index in [1.165, 1.54) is 14.0 Å². The molecule has 14 heteroatoms. The van der Waals surface area contributed by atoms with Gasteiger partial charge in [-0.1, -0.05) is 20.8 Å². The minimum atomic E-state index is -1.75. The summed E-state index contributed by atoms with van der Waals surface area (Å²) < 4.78 is 44.3. The number of cyclic esters (lactones) is 1. The predicted molar refractivity (Wildman–Crippen MR) is 194 cm³/mol. The summed E-state index contributed by atoms with van der Waals surface area (Å²) >= 11 is 0. The molecular formula is C38H72N2O12. The number of hydrogen-bond acceptors (Lipinski definition) is 14. The number of ether oxygens (including phenoxy) is 7. The third kappa shape index (κ3) is 10.0. The second-order valence-corrected chi connectivity index (χ2v) is 16.8. The minimum absolute atomic E-state index is 0.164. The largest absolute Gasteiger partial charge is 0.459 e. The van der Waals surface area contributed by atoms with Crippen molar-refractivity contribution in [1.82, 2.24) is 10.2 Å². The van der Waals surface area contributed by atoms with Gasteiger partial charge in [0.1, 0.15) is 23.9 Å². The van der Waals surface area contributed by atoms with Crippen molar-refractivity contribution in [2.45, 2.75) is 185 Å². The molecule has 0 aromatic heterocycles. The second kappa shape index (κ2) is 18.3. The van der Waals surface area contributed by atoms with Gasteiger partial charge < -0.3 is 63.8 Å². The first-order chi connectivity index (χ1) is 24.1. The average molecular weight is 749 g/mol. The van der Waals surface area contributed by atoms with Crippen LogP contribution in [0.1, 0.15) is 94.9 Å². The van der Waals surface area contributed by atoms with E-state index in [0.717, 1.165) is 0 Å². The Balaban J connectivity index is 2.19. The van der Waals surface area contributed by atoms with E-state index in [1.807, 2.05) is 53.6 Å². The quantitative estimate of drug-likeness (QED) is 0.228. The molecule has 306 valence electrons. The lowest BCUT2D eigenvalue weighted by molar-refractivity contribution is -0.319. The highest BCUT2D eigenvalue weighted by Crippen LogP contribution is 2.40. The van der Waals surface area contributed by atoms with E-state index in [-0.39, 0.29) is 31.0 Å². The number of carbonyl (C=O) groups is 1. The van der Waals surface area contributed by atoms with Gasteiger partial charge in [-0.25, -0.2) is 0 Å². The zero-order chi connectivity index (χ0) is 39.5. The fourth-order valence-electron chi connectivity index (χ4n) is 8.52. The summed E-state index contributed by atoms with van der Waals surface area (Å²) in [5.74, 6) is -2.63. The summed E-state index contributed by atoms with van der Waals surface area (Å²) in [6.45, 7) is 18.5. The van der Waals surface area contributed by atoms with Crippen molar-refractivity contribution < 1.29 is 58.4 Å². The molecule has 0 saturated carbocycles. The molecule has 0 amide bonds. The van der Waals surface area contributed by atoms with Crippen LogP contribution in [-0.4, -0.2) is 156 Å². The van der Waals surface area contributed by atoms with Crippen molar-refractivity contribution in [3.63, 3.8) is 0 Å². The molecule has 3 rings (SSSR count). The molecule has 5 N–H and O–H groups in total. The molecule has 0 bridgehead atoms. The van der Waals surface area contributed by atoms with Crippen molar-refractivity contribution >= 4 is 5.97 Å². The van der Waals surface area contributed by atoms with Gasteiger partial charge in [-0.05, 0) is 87.7 Å². The molecule has 0 aliphatic carbocycles. The molecule has 3 aliphatic rings. The van der Waals surface area contributed by atoms with Crippen LogP contribution in [0.4, 0.5) is 0 Å². The molecule has 14 nitrogen and oxygen atoms in total. The Morgan fingerprint density at radius 3 is 2.08 bits per heavy atom. The number of hydrogen-bond donors (Lipinski definition) is 5. The van der Waals surface area contributed by atoms with Gasteiger partial charge in [-0.15, -0.1) is 0 Å². The lowest BCUT2D eigenvalue weighted by atomic mass is 9.78. The number of aliphatic hydroxyl groups is 4. The van der Waals surface area contributed by atoms with Gasteiger partial charge in [-0.2, -0.15) is 0 Å². The number of esters is 1. The van der Waals surface area contributed by atoms with E-state index in [4.69, 9.17) is 33.2 Å². The minimum Gasteiger partial charge on any atom is -0.459 e. The summed E-state index contributed by atoms with van der Waals surface area (Å²) in [6.07, 6.45) is -7.27. The molecule has 3 heterocycles. The maximum Gasteiger partial charge on any atom is 0.311 e. The van der Waals surface area contributed by atoms with Gasteiger partial charge in [-0.3, -0.25) is 4.79 Å². The number of nitrogens with zero attached hydrogens (tertiary/aromatic N) is 1. The SMILES string of the molecule is CC[C@H]1OC(=O)[C@H](C)[C@@H](O[C@H]2C[C@@](C)(OC)[C@@H](O)[C@H](C)O2)[C@H](C)[C@@H](O[C@@H]2O[C@H](C)C[C@H](N(C)C)[C@H]2O)[C@](C)(OC)C[C@@H](C)NC[C@H](C)[C@@H](O)[C@]1(C)O. The number of nitrogens with one attached hydrogen (secondary N) is 1. The Morgan fingerprint density at radius 1 is 0.904 bits per heavy atom. The molecule has 3 fully saturated rings. The highest BCUT2D eigenvalue weighted by Gasteiger charge is 2.53. The van der Waals surface area contributed by atoms with Crippen molar-refractivity contribution in [3.8, 4) is 0 Å². The van der Waals surface area contributed by atoms with Gasteiger partial charge in [0.25, 0.3) is 0 Å². The van der Waals surface area contributed by atoms with Crippen molar-refractivity contribution in [2.75, 3.05) is 34.9 Å². The van der Waals surface area contributed by atoms with Crippen LogP contribution in [0, 0.1) is 17.8 Å². The zero-order valence-corrected chi connectivity index (χ0v) is 34.2. The van der Waals surface area contributed by atoms with Crippen LogP contribution in [0.15, 0.2) is 0 Å². The first-order valence-electron chi connectivity index (χ1n) is 19.2. The van der Waals surface area contributed by atoms with Gasteiger partial charge in [0.15, 0.2) is 12.6 Å². The first-order valence-corrected chi connectivity index (χ1v) is 19.2. The molecule has 0 spiro atoms. The smallest absolute Gasteiger partial charge is 0.311 e. The molecule has 18 atom stereocenters. The van der Waals surface area contributed by atoms with Gasteiger partial charge in [0, 0.05) is 45.2 Å². The topological polar surface area (TPSA) is 178 Å². The van der Waals surface area contributed by atoms with Gasteiger partial charge in [0.05, 0.1) is 47.6 Å². The highest BCUT2D eigenvalue weighted by atomic mass is 16.7. The first kappa shape index (κ1) is 45.4. The summed E-state index contributed by atoms with van der Waals surface area (Å²) in [6, 6.07) is -0.398. The van der Waals surface area contributed by atoms with Crippen LogP contribution < -0.4 is 5.32 Å². The lowest BCUT2D eigenvalue weighted by Crippen LogP contribution is -2.61. The van der Waals surface area contributed by atoms with Crippen molar-refractivity contribution in [3.05, 3.63) is 0 Å². The normalized spacial score (nSPS) is 49.2. The van der Waals surface area contributed by atoms with Gasteiger partial charge in [0.2, 0.25) is 0 Å². The van der Waals surface area contributed by atoms with Crippen LogP contribution in [0.5, 0.6) is 0 Å². The number of carbonyl (C=O) groups excluding carboxylic acids is 1. The van der Waals surface area contributed by atoms with Crippen LogP contribution in [0.2, 0.25) is 0 Å². The highest BCUT2D eigenvalue weighted by molar-refractivity contribution is 5.73. The average Bonchev–Trinajstić information content (AvgIpc) is 3.08. The van der Waals surface area contributed by atoms with E-state index in [1.54, 1.807) is 34.8 Å². The van der Waals surface area contributed by atoms with Gasteiger partial charge >= 0.3 is 5.97 Å². The molecule has 3 saturated heterocycles. The summed E-state index contributed by atoms with van der Waals surface area (Å²) in [5.41, 5.74) is -3.79. The standard InChI is InChI=1S/C38H72N2O12/c1-15-27-38(10,45)31(42)20(2)19-39-21(3)17-37(9,47-14)33(52-35-29(41)26(40(11)12)16-22(4)48-35)23(5)30(24(6)34(44)50-27)51-28-18-36(8,46-13)32(43)25(7)49-28/h20-33,35,39,41-43,45H,15-19H2,1-14H3/t20-,21+,22+,23-,24+,25-,26-,27+,28-,29+,30-,31+,32-,33+,35-,36+,37+,38+/m0/s1. The van der Waals surface area contributed by atoms with Crippen molar-refractivity contribution in [1.29, 1.82) is 0 Å². The number of methoxy groups -OCH3 is 2. The Bertz CT molecular complexity index is 1130. The Labute approximate surface area is 312 Å². The van der Waals surface area contributed by atoms with Crippen LogP contribution in [-0.2, 0) is 38.0 Å². The van der Waals surface area contributed by atoms with E-state index < -0.39 is 95.8 Å². The lowest BCUT2D eigenvalue weighted by Gasteiger charge is -2.49. The molecule has 0 unspecified atom stereocenters. The maximum absolute atomic E-state index is 14.2.